The van der Waals surface area contributed by atoms with Gasteiger partial charge in [0.05, 0.1) is 32.4 Å². The second kappa shape index (κ2) is 9.25. The highest BCUT2D eigenvalue weighted by atomic mass is 16.5. The van der Waals surface area contributed by atoms with Crippen LogP contribution in [-0.2, 0) is 14.1 Å². The maximum absolute atomic E-state index is 12.0. The minimum absolute atomic E-state index is 0.122. The number of benzene rings is 1. The highest BCUT2D eigenvalue weighted by Gasteiger charge is 2.35. The van der Waals surface area contributed by atoms with E-state index in [1.54, 1.807) is 14.2 Å². The number of rotatable bonds is 7. The van der Waals surface area contributed by atoms with E-state index in [2.05, 4.69) is 10.2 Å². The number of methoxy groups -OCH3 is 1. The Morgan fingerprint density at radius 2 is 1.84 bits per heavy atom. The van der Waals surface area contributed by atoms with Gasteiger partial charge in [-0.15, -0.1) is 0 Å². The first-order chi connectivity index (χ1) is 14.8. The summed E-state index contributed by atoms with van der Waals surface area (Å²) >= 11 is 0. The number of carbonyl (C=O) groups is 1. The number of quaternary nitrogens is 1. The Morgan fingerprint density at radius 1 is 1.16 bits per heavy atom. The third kappa shape index (κ3) is 4.58. The van der Waals surface area contributed by atoms with Crippen LogP contribution in [0, 0.1) is 0 Å². The van der Waals surface area contributed by atoms with Gasteiger partial charge in [-0.1, -0.05) is 12.1 Å². The molecule has 3 rings (SSSR count). The van der Waals surface area contributed by atoms with Crippen molar-refractivity contribution in [3.63, 3.8) is 0 Å². The maximum atomic E-state index is 12.0. The summed E-state index contributed by atoms with van der Waals surface area (Å²) in [5, 5.41) is 15.1. The molecule has 1 aliphatic rings. The molecule has 1 fully saturated rings. The van der Waals surface area contributed by atoms with Gasteiger partial charge in [0.15, 0.2) is 0 Å². The van der Waals surface area contributed by atoms with E-state index in [4.69, 9.17) is 4.74 Å². The molecule has 0 atom stereocenters. The number of carbonyl (C=O) groups excluding carboxylic acids is 1. The van der Waals surface area contributed by atoms with Gasteiger partial charge in [-0.25, -0.2) is 4.79 Å². The van der Waals surface area contributed by atoms with Gasteiger partial charge in [0.1, 0.15) is 24.7 Å². The molecule has 1 saturated heterocycles. The highest BCUT2D eigenvalue weighted by Crippen LogP contribution is 2.29. The van der Waals surface area contributed by atoms with E-state index in [9.17, 15) is 19.5 Å². The number of anilines is 2. The third-order valence-corrected chi connectivity index (χ3v) is 6.00. The van der Waals surface area contributed by atoms with Crippen molar-refractivity contribution < 1.29 is 19.1 Å². The molecule has 1 aromatic heterocycles. The van der Waals surface area contributed by atoms with Crippen molar-refractivity contribution in [2.45, 2.75) is 6.42 Å². The topological polar surface area (TPSA) is 109 Å². The second-order valence-electron chi connectivity index (χ2n) is 7.79. The van der Waals surface area contributed by atoms with Crippen molar-refractivity contribution in [2.75, 3.05) is 56.6 Å². The van der Waals surface area contributed by atoms with E-state index < -0.39 is 17.3 Å². The lowest BCUT2D eigenvalue weighted by Crippen LogP contribution is -2.66. The smallest absolute Gasteiger partial charge is 0.332 e. The van der Waals surface area contributed by atoms with Gasteiger partial charge in [-0.3, -0.25) is 18.4 Å². The number of para-hydroxylation sites is 2. The maximum Gasteiger partial charge on any atom is 0.332 e. The Bertz CT molecular complexity index is 1050. The first-order valence-electron chi connectivity index (χ1n) is 10.3. The summed E-state index contributed by atoms with van der Waals surface area (Å²) in [4.78, 5) is 38.0. The number of amides is 1. The van der Waals surface area contributed by atoms with E-state index in [0.717, 1.165) is 16.0 Å². The number of aromatic nitrogens is 2. The monoisotopic (exact) mass is 431 g/mol. The molecule has 0 unspecified atom stereocenters. The Morgan fingerprint density at radius 3 is 2.48 bits per heavy atom. The van der Waals surface area contributed by atoms with Gasteiger partial charge >= 0.3 is 5.69 Å². The average molecular weight is 431 g/mol. The molecular weight excluding hydrogens is 402 g/mol. The van der Waals surface area contributed by atoms with Gasteiger partial charge < -0.3 is 24.9 Å². The molecule has 31 heavy (non-hydrogen) atoms. The fourth-order valence-electron chi connectivity index (χ4n) is 3.98. The first kappa shape index (κ1) is 22.4. The van der Waals surface area contributed by atoms with Crippen LogP contribution in [0.1, 0.15) is 6.42 Å². The fourth-order valence-corrected chi connectivity index (χ4v) is 3.98. The second-order valence-corrected chi connectivity index (χ2v) is 7.79. The van der Waals surface area contributed by atoms with Gasteiger partial charge in [0.2, 0.25) is 0 Å². The summed E-state index contributed by atoms with van der Waals surface area (Å²) in [7, 11) is 4.62. The molecule has 2 aromatic rings. The van der Waals surface area contributed by atoms with E-state index in [1.807, 2.05) is 24.3 Å². The summed E-state index contributed by atoms with van der Waals surface area (Å²) in [5.41, 5.74) is 0.145. The lowest BCUT2D eigenvalue weighted by molar-refractivity contribution is -0.876. The predicted octanol–water partition coefficient (Wildman–Crippen LogP) is -0.425. The summed E-state index contributed by atoms with van der Waals surface area (Å²) in [5.74, 6) is 1.17. The molecule has 2 heterocycles. The van der Waals surface area contributed by atoms with Crippen LogP contribution in [-0.4, -0.2) is 66.1 Å². The Labute approximate surface area is 180 Å². The summed E-state index contributed by atoms with van der Waals surface area (Å²) in [6, 6.07) is 9.05. The van der Waals surface area contributed by atoms with Crippen molar-refractivity contribution >= 4 is 17.6 Å². The van der Waals surface area contributed by atoms with Crippen LogP contribution in [0.3, 0.4) is 0 Å². The molecule has 168 valence electrons. The number of hydrogen-bond donors (Lipinski definition) is 1. The van der Waals surface area contributed by atoms with Gasteiger partial charge in [-0.05, 0) is 12.1 Å². The molecule has 1 aromatic carbocycles. The lowest BCUT2D eigenvalue weighted by atomic mass is 10.2. The first-order valence-corrected chi connectivity index (χ1v) is 10.3. The quantitative estimate of drug-likeness (QED) is 0.468. The largest absolute Gasteiger partial charge is 0.498 e. The van der Waals surface area contributed by atoms with E-state index in [0.29, 0.717) is 51.5 Å². The summed E-state index contributed by atoms with van der Waals surface area (Å²) < 4.78 is 7.69. The number of carboxylic acid groups (broad SMARTS) is 1. The number of piperazine rings is 1. The zero-order chi connectivity index (χ0) is 22.6. The SMILES string of the molecule is COc1ccccc1N1CC[N+](CCCNc2cc(=O)n(C)c(=O)n2C)(C(=O)[O-])CC1. The van der Waals surface area contributed by atoms with E-state index in [1.165, 1.54) is 17.7 Å². The van der Waals surface area contributed by atoms with Crippen molar-refractivity contribution in [1.82, 2.24) is 9.13 Å². The van der Waals surface area contributed by atoms with Crippen LogP contribution in [0.2, 0.25) is 0 Å². The summed E-state index contributed by atoms with van der Waals surface area (Å²) in [6.07, 6.45) is -0.535. The Balaban J connectivity index is 1.61. The minimum Gasteiger partial charge on any atom is -0.498 e. The van der Waals surface area contributed by atoms with Crippen LogP contribution in [0.15, 0.2) is 39.9 Å². The fraction of sp³-hybridized carbons (Fsp3) is 0.476. The summed E-state index contributed by atoms with van der Waals surface area (Å²) in [6.45, 7) is 2.82. The zero-order valence-corrected chi connectivity index (χ0v) is 18.2. The van der Waals surface area contributed by atoms with Crippen LogP contribution in [0.25, 0.3) is 0 Å². The van der Waals surface area contributed by atoms with Crippen LogP contribution < -0.4 is 31.3 Å². The van der Waals surface area contributed by atoms with Crippen LogP contribution in [0.4, 0.5) is 16.3 Å². The normalized spacial score (nSPS) is 15.5. The minimum atomic E-state index is -1.08. The standard InChI is InChI=1S/C21H29N5O5/c1-23-18(15-19(27)24(2)20(23)28)22-9-6-12-26(21(29)30)13-10-25(11-14-26)16-7-4-5-8-17(16)31-3/h4-5,7-8,15H,6,9-14H2,1-3H3,(H-,22,27,29,30). The van der Waals surface area contributed by atoms with Gasteiger partial charge in [-0.2, -0.15) is 0 Å². The van der Waals surface area contributed by atoms with Crippen LogP contribution in [0.5, 0.6) is 5.75 Å². The molecule has 0 radical (unpaired) electrons. The van der Waals surface area contributed by atoms with E-state index in [-0.39, 0.29) is 4.48 Å². The lowest BCUT2D eigenvalue weighted by Gasteiger charge is -2.45. The number of nitrogens with one attached hydrogen (secondary N) is 1. The van der Waals surface area contributed by atoms with E-state index >= 15 is 0 Å². The number of ether oxygens (including phenoxy) is 1. The highest BCUT2D eigenvalue weighted by molar-refractivity contribution is 5.59. The number of nitrogens with zero attached hydrogens (tertiary/aromatic N) is 4. The molecule has 10 heteroatoms. The molecule has 1 N–H and O–H groups in total. The van der Waals surface area contributed by atoms with Crippen molar-refractivity contribution in [3.8, 4) is 5.75 Å². The molecule has 10 nitrogen and oxygen atoms in total. The van der Waals surface area contributed by atoms with Gasteiger partial charge in [0, 0.05) is 33.1 Å². The zero-order valence-electron chi connectivity index (χ0n) is 18.2. The van der Waals surface area contributed by atoms with Crippen molar-refractivity contribution in [2.24, 2.45) is 14.1 Å². The third-order valence-electron chi connectivity index (χ3n) is 6.00. The Kier molecular flexibility index (Phi) is 6.69. The van der Waals surface area contributed by atoms with Crippen molar-refractivity contribution in [1.29, 1.82) is 0 Å². The molecule has 0 spiro atoms. The molecule has 1 aliphatic heterocycles. The Hall–Kier alpha value is -3.27. The molecular formula is C21H29N5O5. The molecule has 0 bridgehead atoms. The molecule has 0 saturated carbocycles. The molecule has 0 aliphatic carbocycles. The van der Waals surface area contributed by atoms with Crippen LogP contribution >= 0.6 is 0 Å². The molecule has 1 amide bonds. The number of hydrogen-bond acceptors (Lipinski definition) is 7. The van der Waals surface area contributed by atoms with Gasteiger partial charge in [0.25, 0.3) is 11.7 Å². The average Bonchev–Trinajstić information content (AvgIpc) is 2.78. The predicted molar refractivity (Wildman–Crippen MR) is 115 cm³/mol. The van der Waals surface area contributed by atoms with Crippen molar-refractivity contribution in [3.05, 3.63) is 51.2 Å².